The molecule has 18 heavy (non-hydrogen) atoms. The van der Waals surface area contributed by atoms with Crippen LogP contribution in [-0.4, -0.2) is 16.3 Å². The fourth-order valence-electron chi connectivity index (χ4n) is 1.67. The Morgan fingerprint density at radius 2 is 2.00 bits per heavy atom. The number of rotatable bonds is 6. The molecule has 1 aromatic heterocycles. The van der Waals surface area contributed by atoms with Crippen molar-refractivity contribution in [1.82, 2.24) is 15.1 Å². The quantitative estimate of drug-likeness (QED) is 0.810. The third-order valence-electron chi connectivity index (χ3n) is 2.60. The Labute approximate surface area is 113 Å². The minimum absolute atomic E-state index is 0.950. The number of hydrogen-bond acceptors (Lipinski definition) is 3. The first-order valence-corrected chi connectivity index (χ1v) is 7.05. The topological polar surface area (TPSA) is 29.9 Å². The van der Waals surface area contributed by atoms with Gasteiger partial charge in [-0.05, 0) is 30.7 Å². The highest BCUT2D eigenvalue weighted by Crippen LogP contribution is 2.26. The molecule has 0 fully saturated rings. The summed E-state index contributed by atoms with van der Waals surface area (Å²) in [4.78, 5) is 2.43. The predicted molar refractivity (Wildman–Crippen MR) is 75.8 cm³/mol. The van der Waals surface area contributed by atoms with Crippen LogP contribution in [-0.2, 0) is 13.6 Å². The van der Waals surface area contributed by atoms with E-state index in [1.54, 1.807) is 11.8 Å². The lowest BCUT2D eigenvalue weighted by atomic mass is 10.2. The summed E-state index contributed by atoms with van der Waals surface area (Å²) in [6.07, 6.45) is 5.09. The number of nitrogens with zero attached hydrogens (tertiary/aromatic N) is 2. The molecular weight excluding hydrogens is 242 g/mol. The van der Waals surface area contributed by atoms with Crippen LogP contribution in [0.3, 0.4) is 0 Å². The van der Waals surface area contributed by atoms with Gasteiger partial charge in [-0.3, -0.25) is 4.68 Å². The second-order valence-electron chi connectivity index (χ2n) is 4.27. The average Bonchev–Trinajstić information content (AvgIpc) is 2.77. The van der Waals surface area contributed by atoms with Gasteiger partial charge in [0.25, 0.3) is 0 Å². The maximum Gasteiger partial charge on any atom is 0.0629 e. The van der Waals surface area contributed by atoms with Gasteiger partial charge in [-0.25, -0.2) is 0 Å². The van der Waals surface area contributed by atoms with E-state index >= 15 is 0 Å². The van der Waals surface area contributed by atoms with Crippen molar-refractivity contribution < 1.29 is 0 Å². The summed E-state index contributed by atoms with van der Waals surface area (Å²) in [7, 11) is 1.94. The third-order valence-corrected chi connectivity index (χ3v) is 3.55. The third kappa shape index (κ3) is 3.89. The van der Waals surface area contributed by atoms with Gasteiger partial charge in [0.05, 0.1) is 11.1 Å². The molecule has 4 heteroatoms. The second kappa shape index (κ2) is 6.61. The van der Waals surface area contributed by atoms with Gasteiger partial charge >= 0.3 is 0 Å². The zero-order valence-electron chi connectivity index (χ0n) is 10.9. The molecule has 0 aliphatic carbocycles. The van der Waals surface area contributed by atoms with Crippen LogP contribution in [0.5, 0.6) is 0 Å². The molecule has 0 saturated carbocycles. The largest absolute Gasteiger partial charge is 0.313 e. The van der Waals surface area contributed by atoms with Crippen LogP contribution in [0, 0.1) is 0 Å². The lowest BCUT2D eigenvalue weighted by molar-refractivity contribution is 0.675. The zero-order chi connectivity index (χ0) is 12.8. The Bertz CT molecular complexity index is 476. The zero-order valence-corrected chi connectivity index (χ0v) is 11.7. The van der Waals surface area contributed by atoms with Gasteiger partial charge in [0, 0.05) is 24.7 Å². The Hall–Kier alpha value is -1.26. The van der Waals surface area contributed by atoms with E-state index in [9.17, 15) is 0 Å². The van der Waals surface area contributed by atoms with Gasteiger partial charge in [-0.2, -0.15) is 5.10 Å². The van der Waals surface area contributed by atoms with E-state index in [0.29, 0.717) is 0 Å². The van der Waals surface area contributed by atoms with E-state index in [0.717, 1.165) is 13.1 Å². The lowest BCUT2D eigenvalue weighted by Gasteiger charge is -2.04. The summed E-state index contributed by atoms with van der Waals surface area (Å²) in [5.41, 5.74) is 1.33. The molecule has 96 valence electrons. The van der Waals surface area contributed by atoms with Crippen LogP contribution < -0.4 is 5.32 Å². The van der Waals surface area contributed by atoms with Gasteiger partial charge in [0.1, 0.15) is 0 Å². The molecule has 2 rings (SSSR count). The molecule has 0 amide bonds. The summed E-state index contributed by atoms with van der Waals surface area (Å²) in [5.74, 6) is 0. The monoisotopic (exact) mass is 261 g/mol. The molecule has 0 atom stereocenters. The first-order valence-electron chi connectivity index (χ1n) is 6.24. The minimum atomic E-state index is 0.950. The summed E-state index contributed by atoms with van der Waals surface area (Å²) >= 11 is 1.74. The molecule has 0 aliphatic heterocycles. The van der Waals surface area contributed by atoms with Crippen molar-refractivity contribution in [3.05, 3.63) is 42.2 Å². The highest BCUT2D eigenvalue weighted by Gasteiger charge is 2.00. The lowest BCUT2D eigenvalue weighted by Crippen LogP contribution is -2.13. The molecule has 0 radical (unpaired) electrons. The van der Waals surface area contributed by atoms with Gasteiger partial charge in [0.15, 0.2) is 0 Å². The van der Waals surface area contributed by atoms with Crippen LogP contribution in [0.4, 0.5) is 0 Å². The average molecular weight is 261 g/mol. The van der Waals surface area contributed by atoms with Crippen molar-refractivity contribution in [1.29, 1.82) is 0 Å². The smallest absolute Gasteiger partial charge is 0.0629 e. The maximum absolute atomic E-state index is 4.17. The second-order valence-corrected chi connectivity index (χ2v) is 5.42. The highest BCUT2D eigenvalue weighted by atomic mass is 32.2. The summed E-state index contributed by atoms with van der Waals surface area (Å²) in [6, 6.07) is 8.70. The van der Waals surface area contributed by atoms with Crippen LogP contribution in [0.1, 0.15) is 18.9 Å². The molecule has 0 unspecified atom stereocenters. The van der Waals surface area contributed by atoms with Gasteiger partial charge in [-0.1, -0.05) is 30.8 Å². The van der Waals surface area contributed by atoms with Crippen molar-refractivity contribution in [3.8, 4) is 0 Å². The van der Waals surface area contributed by atoms with Crippen LogP contribution in [0.25, 0.3) is 0 Å². The Morgan fingerprint density at radius 1 is 1.22 bits per heavy atom. The van der Waals surface area contributed by atoms with E-state index < -0.39 is 0 Å². The van der Waals surface area contributed by atoms with Crippen LogP contribution in [0.2, 0.25) is 0 Å². The van der Waals surface area contributed by atoms with Crippen molar-refractivity contribution in [2.24, 2.45) is 7.05 Å². The highest BCUT2D eigenvalue weighted by molar-refractivity contribution is 7.99. The maximum atomic E-state index is 4.17. The van der Waals surface area contributed by atoms with Crippen molar-refractivity contribution in [2.75, 3.05) is 6.54 Å². The number of hydrogen-bond donors (Lipinski definition) is 1. The van der Waals surface area contributed by atoms with Crippen molar-refractivity contribution in [2.45, 2.75) is 29.7 Å². The molecule has 1 aromatic carbocycles. The number of nitrogens with one attached hydrogen (secondary N) is 1. The molecule has 0 saturated heterocycles. The van der Waals surface area contributed by atoms with E-state index in [4.69, 9.17) is 0 Å². The van der Waals surface area contributed by atoms with Crippen LogP contribution >= 0.6 is 11.8 Å². The molecule has 0 bridgehead atoms. The van der Waals surface area contributed by atoms with Gasteiger partial charge in [0.2, 0.25) is 0 Å². The number of aromatic nitrogens is 2. The first-order chi connectivity index (χ1) is 8.78. The molecule has 1 N–H and O–H groups in total. The van der Waals surface area contributed by atoms with E-state index in [-0.39, 0.29) is 0 Å². The normalized spacial score (nSPS) is 10.8. The molecule has 0 spiro atoms. The molecule has 1 heterocycles. The fraction of sp³-hybridized carbons (Fsp3) is 0.357. The summed E-state index contributed by atoms with van der Waals surface area (Å²) in [6.45, 7) is 4.21. The Balaban J connectivity index is 1.91. The molecular formula is C14H19N3S. The summed E-state index contributed by atoms with van der Waals surface area (Å²) in [5, 5.41) is 7.57. The Kier molecular flexibility index (Phi) is 4.84. The van der Waals surface area contributed by atoms with E-state index in [1.807, 2.05) is 24.1 Å². The van der Waals surface area contributed by atoms with E-state index in [1.165, 1.54) is 21.8 Å². The standard InChI is InChI=1S/C14H19N3S/c1-3-8-15-9-12-4-6-13(7-5-12)18-14-10-16-17(2)11-14/h4-7,10-11,15H,3,8-9H2,1-2H3. The minimum Gasteiger partial charge on any atom is -0.313 e. The predicted octanol–water partition coefficient (Wildman–Crippen LogP) is 3.07. The first kappa shape index (κ1) is 13.2. The van der Waals surface area contributed by atoms with Crippen molar-refractivity contribution >= 4 is 11.8 Å². The molecule has 3 nitrogen and oxygen atoms in total. The Morgan fingerprint density at radius 3 is 2.61 bits per heavy atom. The van der Waals surface area contributed by atoms with Crippen molar-refractivity contribution in [3.63, 3.8) is 0 Å². The molecule has 2 aromatic rings. The number of benzene rings is 1. The summed E-state index contributed by atoms with van der Waals surface area (Å²) < 4.78 is 1.82. The number of aryl methyl sites for hydroxylation is 1. The fourth-order valence-corrected chi connectivity index (χ4v) is 2.52. The van der Waals surface area contributed by atoms with Gasteiger partial charge < -0.3 is 5.32 Å². The van der Waals surface area contributed by atoms with E-state index in [2.05, 4.69) is 41.6 Å². The molecule has 0 aliphatic rings. The van der Waals surface area contributed by atoms with Crippen LogP contribution in [0.15, 0.2) is 46.5 Å². The SMILES string of the molecule is CCCNCc1ccc(Sc2cnn(C)c2)cc1. The van der Waals surface area contributed by atoms with Gasteiger partial charge in [-0.15, -0.1) is 0 Å².